The van der Waals surface area contributed by atoms with Crippen molar-refractivity contribution in [3.05, 3.63) is 30.3 Å². The molecule has 1 aliphatic heterocycles. The van der Waals surface area contributed by atoms with Crippen molar-refractivity contribution >= 4 is 11.9 Å². The fourth-order valence-electron chi connectivity index (χ4n) is 2.50. The third kappa shape index (κ3) is 4.66. The van der Waals surface area contributed by atoms with Crippen molar-refractivity contribution in [1.82, 2.24) is 10.2 Å². The highest BCUT2D eigenvalue weighted by atomic mass is 16.5. The first kappa shape index (κ1) is 15.2. The van der Waals surface area contributed by atoms with Crippen LogP contribution in [0.5, 0.6) is 5.75 Å². The number of carbonyl (C=O) groups is 2. The van der Waals surface area contributed by atoms with E-state index >= 15 is 0 Å². The number of rotatable bonds is 5. The highest BCUT2D eigenvalue weighted by molar-refractivity contribution is 5.78. The molecule has 1 heterocycles. The molecule has 3 N–H and O–H groups in total. The van der Waals surface area contributed by atoms with Crippen molar-refractivity contribution in [1.29, 1.82) is 0 Å². The predicted molar refractivity (Wildman–Crippen MR) is 78.9 cm³/mol. The van der Waals surface area contributed by atoms with Gasteiger partial charge in [-0.1, -0.05) is 18.2 Å². The van der Waals surface area contributed by atoms with Crippen molar-refractivity contribution in [3.8, 4) is 5.75 Å². The number of hydrogen-bond donors (Lipinski definition) is 2. The second-order valence-electron chi connectivity index (χ2n) is 5.08. The number of primary amides is 1. The van der Waals surface area contributed by atoms with Gasteiger partial charge >= 0.3 is 6.03 Å². The van der Waals surface area contributed by atoms with Crippen LogP contribution in [-0.4, -0.2) is 42.6 Å². The zero-order valence-electron chi connectivity index (χ0n) is 12.0. The van der Waals surface area contributed by atoms with Crippen LogP contribution in [0.2, 0.25) is 0 Å². The van der Waals surface area contributed by atoms with E-state index in [9.17, 15) is 9.59 Å². The van der Waals surface area contributed by atoms with Gasteiger partial charge in [-0.05, 0) is 31.4 Å². The maximum absolute atomic E-state index is 12.3. The first-order chi connectivity index (χ1) is 10.2. The molecule has 3 amide bonds. The Bertz CT molecular complexity index is 478. The molecule has 114 valence electrons. The standard InChI is InChI=1S/C15H21N3O3/c16-15(20)17-10-12-6-4-5-9-18(12)14(19)11-21-13-7-2-1-3-8-13/h1-3,7-8,12H,4-6,9-11H2,(H3,16,17,20). The molecule has 0 saturated carbocycles. The molecule has 6 heteroatoms. The van der Waals surface area contributed by atoms with Gasteiger partial charge in [0.2, 0.25) is 0 Å². The number of benzene rings is 1. The van der Waals surface area contributed by atoms with Crippen LogP contribution in [0.3, 0.4) is 0 Å². The molecule has 0 radical (unpaired) electrons. The fraction of sp³-hybridized carbons (Fsp3) is 0.467. The zero-order valence-corrected chi connectivity index (χ0v) is 12.0. The molecule has 21 heavy (non-hydrogen) atoms. The number of piperidine rings is 1. The molecule has 0 bridgehead atoms. The van der Waals surface area contributed by atoms with E-state index in [1.807, 2.05) is 30.3 Å². The van der Waals surface area contributed by atoms with E-state index in [-0.39, 0.29) is 18.6 Å². The quantitative estimate of drug-likeness (QED) is 0.852. The molecule has 2 rings (SSSR count). The van der Waals surface area contributed by atoms with E-state index in [1.165, 1.54) is 0 Å². The molecule has 1 fully saturated rings. The topological polar surface area (TPSA) is 84.7 Å². The lowest BCUT2D eigenvalue weighted by atomic mass is 10.0. The van der Waals surface area contributed by atoms with E-state index in [2.05, 4.69) is 5.32 Å². The van der Waals surface area contributed by atoms with Gasteiger partial charge in [0.15, 0.2) is 6.61 Å². The minimum atomic E-state index is -0.562. The highest BCUT2D eigenvalue weighted by Crippen LogP contribution is 2.17. The largest absolute Gasteiger partial charge is 0.484 e. The maximum atomic E-state index is 12.3. The Kier molecular flexibility index (Phi) is 5.43. The van der Waals surface area contributed by atoms with E-state index in [0.29, 0.717) is 18.8 Å². The van der Waals surface area contributed by atoms with Crippen molar-refractivity contribution in [2.75, 3.05) is 19.7 Å². The van der Waals surface area contributed by atoms with Crippen LogP contribution >= 0.6 is 0 Å². The van der Waals surface area contributed by atoms with Crippen LogP contribution in [0.1, 0.15) is 19.3 Å². The Hall–Kier alpha value is -2.24. The fourth-order valence-corrected chi connectivity index (χ4v) is 2.50. The molecule has 1 atom stereocenters. The Morgan fingerprint density at radius 3 is 2.76 bits per heavy atom. The van der Waals surface area contributed by atoms with Gasteiger partial charge in [0.25, 0.3) is 5.91 Å². The van der Waals surface area contributed by atoms with Gasteiger partial charge in [-0.25, -0.2) is 4.79 Å². The Labute approximate surface area is 124 Å². The number of hydrogen-bond acceptors (Lipinski definition) is 3. The van der Waals surface area contributed by atoms with Crippen LogP contribution in [0.4, 0.5) is 4.79 Å². The summed E-state index contributed by atoms with van der Waals surface area (Å²) in [6.07, 6.45) is 2.90. The number of nitrogens with two attached hydrogens (primary N) is 1. The van der Waals surface area contributed by atoms with Crippen LogP contribution in [0.25, 0.3) is 0 Å². The van der Waals surface area contributed by atoms with Gasteiger partial charge in [0, 0.05) is 19.1 Å². The number of ether oxygens (including phenoxy) is 1. The SMILES string of the molecule is NC(=O)NCC1CCCCN1C(=O)COc1ccccc1. The summed E-state index contributed by atoms with van der Waals surface area (Å²) in [7, 11) is 0. The smallest absolute Gasteiger partial charge is 0.312 e. The van der Waals surface area contributed by atoms with Crippen LogP contribution in [0, 0.1) is 0 Å². The normalized spacial score (nSPS) is 18.1. The minimum Gasteiger partial charge on any atom is -0.484 e. The number of likely N-dealkylation sites (tertiary alicyclic amines) is 1. The lowest BCUT2D eigenvalue weighted by molar-refractivity contribution is -0.136. The molecule has 1 aromatic carbocycles. The van der Waals surface area contributed by atoms with Crippen LogP contribution < -0.4 is 15.8 Å². The summed E-state index contributed by atoms with van der Waals surface area (Å²) >= 11 is 0. The number of nitrogens with one attached hydrogen (secondary N) is 1. The summed E-state index contributed by atoms with van der Waals surface area (Å²) in [4.78, 5) is 24.9. The van der Waals surface area contributed by atoms with Crippen molar-refractivity contribution in [3.63, 3.8) is 0 Å². The van der Waals surface area contributed by atoms with Gasteiger partial charge in [-0.2, -0.15) is 0 Å². The third-order valence-electron chi connectivity index (χ3n) is 3.56. The monoisotopic (exact) mass is 291 g/mol. The minimum absolute atomic E-state index is 0.00174. The molecular formula is C15H21N3O3. The lowest BCUT2D eigenvalue weighted by Crippen LogP contribution is -2.51. The molecular weight excluding hydrogens is 270 g/mol. The number of para-hydroxylation sites is 1. The summed E-state index contributed by atoms with van der Waals surface area (Å²) in [5.41, 5.74) is 5.09. The maximum Gasteiger partial charge on any atom is 0.312 e. The van der Waals surface area contributed by atoms with E-state index in [0.717, 1.165) is 19.3 Å². The second kappa shape index (κ2) is 7.52. The van der Waals surface area contributed by atoms with Gasteiger partial charge in [0.1, 0.15) is 5.75 Å². The Morgan fingerprint density at radius 1 is 1.29 bits per heavy atom. The zero-order chi connectivity index (χ0) is 15.1. The molecule has 1 unspecified atom stereocenters. The predicted octanol–water partition coefficient (Wildman–Crippen LogP) is 1.11. The molecule has 0 aromatic heterocycles. The lowest BCUT2D eigenvalue weighted by Gasteiger charge is -2.35. The van der Waals surface area contributed by atoms with E-state index in [1.54, 1.807) is 4.90 Å². The molecule has 0 spiro atoms. The van der Waals surface area contributed by atoms with Crippen molar-refractivity contribution < 1.29 is 14.3 Å². The van der Waals surface area contributed by atoms with Gasteiger partial charge < -0.3 is 20.7 Å². The van der Waals surface area contributed by atoms with Gasteiger partial charge in [-0.15, -0.1) is 0 Å². The average Bonchev–Trinajstić information content (AvgIpc) is 2.52. The second-order valence-corrected chi connectivity index (χ2v) is 5.08. The van der Waals surface area contributed by atoms with Gasteiger partial charge in [0.05, 0.1) is 0 Å². The summed E-state index contributed by atoms with van der Waals surface area (Å²) in [5, 5.41) is 2.58. The van der Waals surface area contributed by atoms with Crippen molar-refractivity contribution in [2.45, 2.75) is 25.3 Å². The summed E-state index contributed by atoms with van der Waals surface area (Å²) in [6, 6.07) is 8.68. The molecule has 1 aromatic rings. The summed E-state index contributed by atoms with van der Waals surface area (Å²) in [6.45, 7) is 1.10. The Balaban J connectivity index is 1.87. The van der Waals surface area contributed by atoms with Gasteiger partial charge in [-0.3, -0.25) is 4.79 Å². The highest BCUT2D eigenvalue weighted by Gasteiger charge is 2.26. The molecule has 1 saturated heterocycles. The average molecular weight is 291 g/mol. The van der Waals surface area contributed by atoms with E-state index < -0.39 is 6.03 Å². The first-order valence-electron chi connectivity index (χ1n) is 7.17. The van der Waals surface area contributed by atoms with Crippen LogP contribution in [0.15, 0.2) is 30.3 Å². The van der Waals surface area contributed by atoms with E-state index in [4.69, 9.17) is 10.5 Å². The number of carbonyl (C=O) groups excluding carboxylic acids is 2. The molecule has 1 aliphatic rings. The molecule has 0 aliphatic carbocycles. The number of urea groups is 1. The number of amides is 3. The summed E-state index contributed by atoms with van der Waals surface area (Å²) in [5.74, 6) is 0.615. The Morgan fingerprint density at radius 2 is 2.05 bits per heavy atom. The summed E-state index contributed by atoms with van der Waals surface area (Å²) < 4.78 is 5.49. The third-order valence-corrected chi connectivity index (χ3v) is 3.56. The first-order valence-corrected chi connectivity index (χ1v) is 7.17. The van der Waals surface area contributed by atoms with Crippen LogP contribution in [-0.2, 0) is 4.79 Å². The number of nitrogens with zero attached hydrogens (tertiary/aromatic N) is 1. The van der Waals surface area contributed by atoms with Crippen molar-refractivity contribution in [2.24, 2.45) is 5.73 Å². The molecule has 6 nitrogen and oxygen atoms in total.